The monoisotopic (exact) mass is 350 g/mol. The normalized spacial score (nSPS) is 12.0. The van der Waals surface area contributed by atoms with E-state index in [1.165, 1.54) is 0 Å². The first-order valence-electron chi connectivity index (χ1n) is 7.90. The van der Waals surface area contributed by atoms with Crippen LogP contribution in [0.3, 0.4) is 0 Å². The summed E-state index contributed by atoms with van der Waals surface area (Å²) in [4.78, 5) is 4.03. The Morgan fingerprint density at radius 2 is 2.00 bits per heavy atom. The topological polar surface area (TPSA) is 63.6 Å². The smallest absolute Gasteiger partial charge is 0.161 e. The Bertz CT molecular complexity index is 631. The predicted molar refractivity (Wildman–Crippen MR) is 94.6 cm³/mol. The van der Waals surface area contributed by atoms with Crippen LogP contribution in [0, 0.1) is 0 Å². The van der Waals surface area contributed by atoms with E-state index in [9.17, 15) is 5.11 Å². The number of aliphatic hydroxyl groups is 1. The number of methoxy groups -OCH3 is 1. The fourth-order valence-electron chi connectivity index (χ4n) is 2.19. The van der Waals surface area contributed by atoms with Crippen molar-refractivity contribution in [3.05, 3.63) is 52.8 Å². The van der Waals surface area contributed by atoms with E-state index in [0.29, 0.717) is 29.8 Å². The second-order valence-corrected chi connectivity index (χ2v) is 5.82. The number of nitrogens with one attached hydrogen (secondary N) is 1. The number of hydrogen-bond acceptors (Lipinski definition) is 5. The molecule has 1 aromatic heterocycles. The number of aromatic nitrogens is 1. The van der Waals surface area contributed by atoms with Crippen LogP contribution in [-0.2, 0) is 13.2 Å². The summed E-state index contributed by atoms with van der Waals surface area (Å²) in [5.74, 6) is 1.35. The van der Waals surface area contributed by atoms with E-state index in [2.05, 4.69) is 10.3 Å². The molecule has 2 rings (SSSR count). The highest BCUT2D eigenvalue weighted by atomic mass is 35.5. The zero-order valence-corrected chi connectivity index (χ0v) is 14.7. The molecule has 0 aliphatic heterocycles. The zero-order chi connectivity index (χ0) is 17.4. The molecular formula is C18H23ClN2O3. The third-order valence-corrected chi connectivity index (χ3v) is 3.94. The van der Waals surface area contributed by atoms with E-state index < -0.39 is 0 Å². The van der Waals surface area contributed by atoms with Gasteiger partial charge in [-0.1, -0.05) is 30.7 Å². The Morgan fingerprint density at radius 3 is 2.62 bits per heavy atom. The molecule has 0 aliphatic rings. The highest BCUT2D eigenvalue weighted by Crippen LogP contribution is 2.29. The van der Waals surface area contributed by atoms with Gasteiger partial charge in [0.1, 0.15) is 11.8 Å². The van der Waals surface area contributed by atoms with Crippen molar-refractivity contribution in [3.63, 3.8) is 0 Å². The number of benzene rings is 1. The molecule has 24 heavy (non-hydrogen) atoms. The fourth-order valence-corrected chi connectivity index (χ4v) is 2.31. The van der Waals surface area contributed by atoms with E-state index in [4.69, 9.17) is 21.1 Å². The zero-order valence-electron chi connectivity index (χ0n) is 14.0. The molecule has 0 bridgehead atoms. The molecule has 0 saturated carbocycles. The number of nitrogens with zero attached hydrogens (tertiary/aromatic N) is 1. The Hall–Kier alpha value is -1.82. The molecule has 0 saturated heterocycles. The second-order valence-electron chi connectivity index (χ2n) is 5.43. The van der Waals surface area contributed by atoms with E-state index in [-0.39, 0.29) is 12.6 Å². The minimum Gasteiger partial charge on any atom is -0.493 e. The molecule has 0 fully saturated rings. The summed E-state index contributed by atoms with van der Waals surface area (Å²) in [5.41, 5.74) is 2.00. The molecule has 0 unspecified atom stereocenters. The molecule has 130 valence electrons. The van der Waals surface area contributed by atoms with Crippen molar-refractivity contribution in [1.29, 1.82) is 0 Å². The van der Waals surface area contributed by atoms with E-state index in [0.717, 1.165) is 17.5 Å². The lowest BCUT2D eigenvalue weighted by Gasteiger charge is -2.16. The quantitative estimate of drug-likeness (QED) is 0.680. The van der Waals surface area contributed by atoms with Gasteiger partial charge in [-0.05, 0) is 30.2 Å². The summed E-state index contributed by atoms with van der Waals surface area (Å²) >= 11 is 5.77. The maximum absolute atomic E-state index is 9.22. The van der Waals surface area contributed by atoms with Crippen LogP contribution < -0.4 is 14.8 Å². The number of rotatable bonds is 9. The summed E-state index contributed by atoms with van der Waals surface area (Å²) < 4.78 is 11.2. The van der Waals surface area contributed by atoms with E-state index >= 15 is 0 Å². The third kappa shape index (κ3) is 5.37. The summed E-state index contributed by atoms with van der Waals surface area (Å²) in [6, 6.07) is 9.52. The highest BCUT2D eigenvalue weighted by molar-refractivity contribution is 6.29. The SMILES string of the molecule is CC[C@@H](CO)NCc1ccc(OCc2ccc(Cl)nc2)c(OC)c1. The summed E-state index contributed by atoms with van der Waals surface area (Å²) in [6.07, 6.45) is 2.57. The Balaban J connectivity index is 1.99. The van der Waals surface area contributed by atoms with Crippen molar-refractivity contribution in [2.75, 3.05) is 13.7 Å². The number of halogens is 1. The van der Waals surface area contributed by atoms with Crippen LogP contribution in [0.2, 0.25) is 5.15 Å². The predicted octanol–water partition coefficient (Wildman–Crippen LogP) is 3.18. The van der Waals surface area contributed by atoms with E-state index in [1.807, 2.05) is 31.2 Å². The minimum atomic E-state index is 0.101. The molecule has 2 aromatic rings. The first kappa shape index (κ1) is 18.5. The van der Waals surface area contributed by atoms with Crippen LogP contribution in [-0.4, -0.2) is 29.8 Å². The number of pyridine rings is 1. The Labute approximate surface area is 147 Å². The summed E-state index contributed by atoms with van der Waals surface area (Å²) in [7, 11) is 1.62. The molecule has 5 nitrogen and oxygen atoms in total. The van der Waals surface area contributed by atoms with Crippen LogP contribution in [0.4, 0.5) is 0 Å². The van der Waals surface area contributed by atoms with Crippen molar-refractivity contribution in [2.24, 2.45) is 0 Å². The van der Waals surface area contributed by atoms with Crippen LogP contribution in [0.25, 0.3) is 0 Å². The lowest BCUT2D eigenvalue weighted by atomic mass is 10.1. The molecule has 0 aliphatic carbocycles. The molecular weight excluding hydrogens is 328 g/mol. The minimum absolute atomic E-state index is 0.101. The Kier molecular flexibility index (Phi) is 7.31. The second kappa shape index (κ2) is 9.47. The highest BCUT2D eigenvalue weighted by Gasteiger charge is 2.08. The van der Waals surface area contributed by atoms with Crippen LogP contribution >= 0.6 is 11.6 Å². The maximum atomic E-state index is 9.22. The average Bonchev–Trinajstić information content (AvgIpc) is 2.62. The van der Waals surface area contributed by atoms with Gasteiger partial charge in [0.25, 0.3) is 0 Å². The van der Waals surface area contributed by atoms with Gasteiger partial charge >= 0.3 is 0 Å². The molecule has 1 atom stereocenters. The molecule has 6 heteroatoms. The lowest BCUT2D eigenvalue weighted by molar-refractivity contribution is 0.238. The van der Waals surface area contributed by atoms with Crippen molar-refractivity contribution in [2.45, 2.75) is 32.5 Å². The average molecular weight is 351 g/mol. The van der Waals surface area contributed by atoms with Gasteiger partial charge in [0.05, 0.1) is 13.7 Å². The molecule has 0 radical (unpaired) electrons. The first-order chi connectivity index (χ1) is 11.7. The number of hydrogen-bond donors (Lipinski definition) is 2. The van der Waals surface area contributed by atoms with Crippen molar-refractivity contribution < 1.29 is 14.6 Å². The molecule has 0 amide bonds. The van der Waals surface area contributed by atoms with Gasteiger partial charge in [0.2, 0.25) is 0 Å². The van der Waals surface area contributed by atoms with Crippen molar-refractivity contribution >= 4 is 11.6 Å². The molecule has 1 heterocycles. The third-order valence-electron chi connectivity index (χ3n) is 3.72. The van der Waals surface area contributed by atoms with E-state index in [1.54, 1.807) is 19.4 Å². The van der Waals surface area contributed by atoms with Crippen LogP contribution in [0.15, 0.2) is 36.5 Å². The molecule has 1 aromatic carbocycles. The van der Waals surface area contributed by atoms with Gasteiger partial charge in [-0.3, -0.25) is 0 Å². The maximum Gasteiger partial charge on any atom is 0.161 e. The van der Waals surface area contributed by atoms with Crippen molar-refractivity contribution in [1.82, 2.24) is 10.3 Å². The Morgan fingerprint density at radius 1 is 1.21 bits per heavy atom. The number of aliphatic hydroxyl groups excluding tert-OH is 1. The van der Waals surface area contributed by atoms with Gasteiger partial charge in [-0.25, -0.2) is 4.98 Å². The van der Waals surface area contributed by atoms with Gasteiger partial charge < -0.3 is 19.9 Å². The van der Waals surface area contributed by atoms with Gasteiger partial charge in [0, 0.05) is 24.3 Å². The largest absolute Gasteiger partial charge is 0.493 e. The van der Waals surface area contributed by atoms with Gasteiger partial charge in [0.15, 0.2) is 11.5 Å². The number of ether oxygens (including phenoxy) is 2. The van der Waals surface area contributed by atoms with Crippen LogP contribution in [0.5, 0.6) is 11.5 Å². The van der Waals surface area contributed by atoms with Crippen molar-refractivity contribution in [3.8, 4) is 11.5 Å². The van der Waals surface area contributed by atoms with Crippen LogP contribution in [0.1, 0.15) is 24.5 Å². The first-order valence-corrected chi connectivity index (χ1v) is 8.28. The molecule has 0 spiro atoms. The fraction of sp³-hybridized carbons (Fsp3) is 0.389. The standard InChI is InChI=1S/C18H23ClN2O3/c1-3-15(11-22)20-9-13-4-6-16(17(8-13)23-2)24-12-14-5-7-18(19)21-10-14/h4-8,10,15,20,22H,3,9,11-12H2,1-2H3/t15-/m0/s1. The summed E-state index contributed by atoms with van der Waals surface area (Å²) in [6.45, 7) is 3.22. The van der Waals surface area contributed by atoms with Gasteiger partial charge in [-0.2, -0.15) is 0 Å². The lowest BCUT2D eigenvalue weighted by Crippen LogP contribution is -2.31. The molecule has 2 N–H and O–H groups in total. The summed E-state index contributed by atoms with van der Waals surface area (Å²) in [5, 5.41) is 13.0. The van der Waals surface area contributed by atoms with Gasteiger partial charge in [-0.15, -0.1) is 0 Å².